The lowest BCUT2D eigenvalue weighted by molar-refractivity contribution is -0.145. The van der Waals surface area contributed by atoms with Crippen molar-refractivity contribution >= 4 is 15.9 Å². The van der Waals surface area contributed by atoms with Gasteiger partial charge in [-0.25, -0.2) is 27.2 Å². The lowest BCUT2D eigenvalue weighted by atomic mass is 10.0. The fraction of sp³-hybridized carbons (Fsp3) is 0.269. The first-order valence-electron chi connectivity index (χ1n) is 11.7. The molecule has 1 aliphatic heterocycles. The number of halogens is 5. The lowest BCUT2D eigenvalue weighted by Crippen LogP contribution is -2.48. The number of carbonyl (C=O) groups excluding carboxylic acids is 1. The molecule has 2 heterocycles. The summed E-state index contributed by atoms with van der Waals surface area (Å²) in [7, 11) is -4.20. The van der Waals surface area contributed by atoms with Gasteiger partial charge in [0.2, 0.25) is 21.8 Å². The number of amides is 1. The summed E-state index contributed by atoms with van der Waals surface area (Å²) in [4.78, 5) is 19.6. The van der Waals surface area contributed by atoms with E-state index in [0.29, 0.717) is 5.56 Å². The summed E-state index contributed by atoms with van der Waals surface area (Å²) in [6.45, 7) is 5.03. The Hall–Kier alpha value is -3.71. The zero-order chi connectivity index (χ0) is 28.5. The largest absolute Gasteiger partial charge is 0.451 e. The monoisotopic (exact) mass is 566 g/mol. The van der Waals surface area contributed by atoms with Crippen molar-refractivity contribution in [2.75, 3.05) is 0 Å². The second kappa shape index (κ2) is 10.8. The molecular formula is C26H23F5N4O3S. The molecule has 3 aromatic rings. The molecule has 1 saturated heterocycles. The number of benzene rings is 2. The van der Waals surface area contributed by atoms with E-state index in [1.165, 1.54) is 12.1 Å². The number of carbonyl (C=O) groups is 1. The second-order valence-electron chi connectivity index (χ2n) is 9.00. The highest BCUT2D eigenvalue weighted by atomic mass is 32.2. The predicted octanol–water partition coefficient (Wildman–Crippen LogP) is 4.71. The molecule has 1 amide bonds. The Labute approximate surface area is 221 Å². The first-order valence-corrected chi connectivity index (χ1v) is 13.1. The van der Waals surface area contributed by atoms with Crippen LogP contribution in [0.15, 0.2) is 72.4 Å². The summed E-state index contributed by atoms with van der Waals surface area (Å²) in [6.07, 6.45) is -1.11. The van der Waals surface area contributed by atoms with E-state index < -0.39 is 51.6 Å². The summed E-state index contributed by atoms with van der Waals surface area (Å²) < 4.78 is 94.0. The molecule has 13 heteroatoms. The van der Waals surface area contributed by atoms with Gasteiger partial charge in [0, 0.05) is 36.1 Å². The average Bonchev–Trinajstić information content (AvgIpc) is 3.25. The fourth-order valence-electron chi connectivity index (χ4n) is 4.48. The Morgan fingerprint density at radius 1 is 1.10 bits per heavy atom. The molecule has 7 nitrogen and oxygen atoms in total. The molecule has 3 atom stereocenters. The molecule has 0 bridgehead atoms. The fourth-order valence-corrected chi connectivity index (χ4v) is 6.31. The van der Waals surface area contributed by atoms with Crippen LogP contribution in [0.5, 0.6) is 0 Å². The van der Waals surface area contributed by atoms with Gasteiger partial charge in [-0.3, -0.25) is 4.79 Å². The van der Waals surface area contributed by atoms with Crippen molar-refractivity contribution in [2.45, 2.75) is 43.0 Å². The topological polar surface area (TPSA) is 92.3 Å². The van der Waals surface area contributed by atoms with Crippen LogP contribution in [-0.4, -0.2) is 40.7 Å². The molecule has 1 fully saturated rings. The Kier molecular flexibility index (Phi) is 7.84. The van der Waals surface area contributed by atoms with E-state index in [0.717, 1.165) is 47.0 Å². The van der Waals surface area contributed by atoms with Crippen molar-refractivity contribution in [1.29, 1.82) is 0 Å². The molecule has 4 rings (SSSR count). The Morgan fingerprint density at radius 3 is 2.33 bits per heavy atom. The maximum atomic E-state index is 14.6. The molecular weight excluding hydrogens is 543 g/mol. The highest BCUT2D eigenvalue weighted by Gasteiger charge is 2.47. The third-order valence-electron chi connectivity index (χ3n) is 6.56. The molecule has 0 spiro atoms. The van der Waals surface area contributed by atoms with Crippen LogP contribution in [0.1, 0.15) is 24.7 Å². The van der Waals surface area contributed by atoms with Gasteiger partial charge in [-0.15, -0.1) is 6.58 Å². The highest BCUT2D eigenvalue weighted by Crippen LogP contribution is 2.36. The van der Waals surface area contributed by atoms with Gasteiger partial charge in [0.05, 0.1) is 4.90 Å². The summed E-state index contributed by atoms with van der Waals surface area (Å²) in [5.74, 6) is -3.65. The van der Waals surface area contributed by atoms with E-state index in [9.17, 15) is 35.2 Å². The van der Waals surface area contributed by atoms with E-state index in [4.69, 9.17) is 0 Å². The first kappa shape index (κ1) is 28.3. The number of sulfonamides is 1. The molecule has 206 valence electrons. The second-order valence-corrected chi connectivity index (χ2v) is 10.8. The Balaban J connectivity index is 1.55. The van der Waals surface area contributed by atoms with E-state index in [1.807, 2.05) is 0 Å². The van der Waals surface area contributed by atoms with Crippen LogP contribution < -0.4 is 5.32 Å². The molecule has 0 aliphatic carbocycles. The van der Waals surface area contributed by atoms with E-state index >= 15 is 0 Å². The quantitative estimate of drug-likeness (QED) is 0.331. The van der Waals surface area contributed by atoms with Crippen LogP contribution in [0.25, 0.3) is 11.1 Å². The third kappa shape index (κ3) is 5.83. The lowest BCUT2D eigenvalue weighted by Gasteiger charge is -2.27. The Bertz CT molecular complexity index is 1480. The highest BCUT2D eigenvalue weighted by molar-refractivity contribution is 7.89. The van der Waals surface area contributed by atoms with Crippen LogP contribution in [0, 0.1) is 17.6 Å². The summed E-state index contributed by atoms with van der Waals surface area (Å²) >= 11 is 0. The number of nitrogens with zero attached hydrogens (tertiary/aromatic N) is 3. The number of nitrogens with one attached hydrogen (secondary N) is 1. The van der Waals surface area contributed by atoms with Gasteiger partial charge in [0.1, 0.15) is 17.7 Å². The van der Waals surface area contributed by atoms with Gasteiger partial charge in [-0.1, -0.05) is 12.1 Å². The van der Waals surface area contributed by atoms with Crippen molar-refractivity contribution in [3.05, 3.63) is 90.5 Å². The molecule has 1 aromatic heterocycles. The normalized spacial score (nSPS) is 20.1. The van der Waals surface area contributed by atoms with Crippen molar-refractivity contribution < 1.29 is 35.2 Å². The van der Waals surface area contributed by atoms with Crippen molar-refractivity contribution in [3.63, 3.8) is 0 Å². The average molecular weight is 567 g/mol. The molecule has 0 saturated carbocycles. The van der Waals surface area contributed by atoms with Crippen molar-refractivity contribution in [2.24, 2.45) is 5.92 Å². The first-order chi connectivity index (χ1) is 18.3. The smallest absolute Gasteiger partial charge is 0.351 e. The molecule has 39 heavy (non-hydrogen) atoms. The van der Waals surface area contributed by atoms with Crippen LogP contribution in [0.3, 0.4) is 0 Å². The molecule has 1 N–H and O–H groups in total. The number of aromatic nitrogens is 2. The molecule has 0 radical (unpaired) electrons. The molecule has 2 aromatic carbocycles. The van der Waals surface area contributed by atoms with Gasteiger partial charge in [-0.2, -0.15) is 17.5 Å². The van der Waals surface area contributed by atoms with E-state index in [-0.39, 0.29) is 34.9 Å². The maximum Gasteiger partial charge on any atom is 0.451 e. The van der Waals surface area contributed by atoms with Crippen molar-refractivity contribution in [1.82, 2.24) is 19.6 Å². The Morgan fingerprint density at radius 2 is 1.74 bits per heavy atom. The summed E-state index contributed by atoms with van der Waals surface area (Å²) in [5, 5.41) is 2.56. The zero-order valence-electron chi connectivity index (χ0n) is 20.5. The molecule has 0 unspecified atom stereocenters. The standard InChI is InChI=1S/C26H23F5N4O3S/c1-3-16-11-23(35(15(16)2)39(37,38)21-7-5-20(27)6-8-21)24(36)32-12-18-10-17(4-9-22(18)28)19-13-33-25(34-14-19)26(29,30)31/h3-10,13-16,23H,1,11-12H2,2H3,(H,32,36)/t15-,16+,23-/m0/s1. The summed E-state index contributed by atoms with van der Waals surface area (Å²) in [5.41, 5.74) is 0.529. The van der Waals surface area contributed by atoms with Gasteiger partial charge in [-0.05, 0) is 61.2 Å². The van der Waals surface area contributed by atoms with Crippen LogP contribution in [-0.2, 0) is 27.5 Å². The van der Waals surface area contributed by atoms with Gasteiger partial charge >= 0.3 is 6.18 Å². The SMILES string of the molecule is C=C[C@@H]1C[C@@H](C(=O)NCc2cc(-c3cnc(C(F)(F)F)nc3)ccc2F)N(S(=O)(=O)c2ccc(F)cc2)[C@H]1C. The van der Waals surface area contributed by atoms with Gasteiger partial charge in [0.25, 0.3) is 0 Å². The van der Waals surface area contributed by atoms with E-state index in [1.54, 1.807) is 13.0 Å². The summed E-state index contributed by atoms with van der Waals surface area (Å²) in [6, 6.07) is 6.20. The third-order valence-corrected chi connectivity index (χ3v) is 8.57. The number of rotatable bonds is 7. The maximum absolute atomic E-state index is 14.6. The molecule has 1 aliphatic rings. The van der Waals surface area contributed by atoms with Gasteiger partial charge in [0.15, 0.2) is 0 Å². The minimum atomic E-state index is -4.71. The number of hydrogen-bond acceptors (Lipinski definition) is 5. The number of alkyl halides is 3. The van der Waals surface area contributed by atoms with Crippen LogP contribution >= 0.6 is 0 Å². The van der Waals surface area contributed by atoms with E-state index in [2.05, 4.69) is 21.9 Å². The van der Waals surface area contributed by atoms with Crippen LogP contribution in [0.2, 0.25) is 0 Å². The minimum absolute atomic E-state index is 0.0139. The van der Waals surface area contributed by atoms with Crippen LogP contribution in [0.4, 0.5) is 22.0 Å². The van der Waals surface area contributed by atoms with Crippen molar-refractivity contribution in [3.8, 4) is 11.1 Å². The zero-order valence-corrected chi connectivity index (χ0v) is 21.3. The predicted molar refractivity (Wildman–Crippen MR) is 131 cm³/mol. The number of hydrogen-bond donors (Lipinski definition) is 1. The van der Waals surface area contributed by atoms with Gasteiger partial charge < -0.3 is 5.32 Å². The minimum Gasteiger partial charge on any atom is -0.351 e.